The fourth-order valence-corrected chi connectivity index (χ4v) is 4.26. The number of hydrogen-bond donors (Lipinski definition) is 1. The first-order valence-electron chi connectivity index (χ1n) is 13.4. The van der Waals surface area contributed by atoms with Gasteiger partial charge in [-0.3, -0.25) is 14.3 Å². The van der Waals surface area contributed by atoms with E-state index in [4.69, 9.17) is 61.9 Å². The highest BCUT2D eigenvalue weighted by molar-refractivity contribution is 7.48. The van der Waals surface area contributed by atoms with Gasteiger partial charge in [0.05, 0.1) is 52.7 Å². The van der Waals surface area contributed by atoms with Gasteiger partial charge in [-0.2, -0.15) is 0 Å². The molecule has 3 unspecified atom stereocenters. The molecule has 0 bridgehead atoms. The first kappa shape index (κ1) is 39.5. The molecule has 0 aromatic rings. The van der Waals surface area contributed by atoms with Crippen LogP contribution in [0.5, 0.6) is 0 Å². The molecule has 0 saturated carbocycles. The topological polar surface area (TPSA) is 217 Å². The van der Waals surface area contributed by atoms with Crippen molar-refractivity contribution < 1.29 is 79.5 Å². The first-order chi connectivity index (χ1) is 21.1. The molecule has 1 saturated heterocycles. The van der Waals surface area contributed by atoms with E-state index < -0.39 is 64.7 Å². The number of primary amides is 1. The van der Waals surface area contributed by atoms with E-state index in [0.29, 0.717) is 13.2 Å². The summed E-state index contributed by atoms with van der Waals surface area (Å²) in [5.74, 6) is -0.939. The molecule has 1 fully saturated rings. The minimum absolute atomic E-state index is 0.0635. The highest BCUT2D eigenvalue weighted by Gasteiger charge is 2.47. The van der Waals surface area contributed by atoms with E-state index in [0.717, 1.165) is 0 Å². The van der Waals surface area contributed by atoms with Gasteiger partial charge in [0.1, 0.15) is 25.5 Å². The van der Waals surface area contributed by atoms with Crippen LogP contribution < -0.4 is 5.73 Å². The molecule has 20 heteroatoms. The Hall–Kier alpha value is -2.48. The molecule has 0 spiro atoms. The van der Waals surface area contributed by atoms with Crippen molar-refractivity contribution in [1.82, 2.24) is 0 Å². The Balaban J connectivity index is 2.69. The van der Waals surface area contributed by atoms with E-state index in [9.17, 15) is 23.3 Å². The van der Waals surface area contributed by atoms with Crippen molar-refractivity contribution >= 4 is 32.3 Å². The standard InChI is InChI=1S/C24H42FN2O16P/c1-19-14-24(15-25,43-21(19)27-5-4-20(26)28)16-40-44(31,41-17-38-22(29)36-12-10-34-8-6-32-2)42-18-39-23(30)37-13-11-35-9-7-33-3/h5,19,21H,4,6-18H2,1-3H3,(H2,26,28). The quantitative estimate of drug-likeness (QED) is 0.0483. The summed E-state index contributed by atoms with van der Waals surface area (Å²) in [6, 6.07) is 0. The number of phosphoric ester groups is 1. The average Bonchev–Trinajstić information content (AvgIpc) is 3.31. The number of amides is 1. The van der Waals surface area contributed by atoms with Gasteiger partial charge in [-0.05, 0) is 6.42 Å². The molecule has 0 radical (unpaired) electrons. The molecule has 1 aliphatic rings. The maximum Gasteiger partial charge on any atom is 0.510 e. The van der Waals surface area contributed by atoms with E-state index >= 15 is 0 Å². The maximum atomic E-state index is 14.2. The second-order valence-electron chi connectivity index (χ2n) is 8.92. The minimum Gasteiger partial charge on any atom is -0.432 e. The van der Waals surface area contributed by atoms with Gasteiger partial charge in [-0.15, -0.1) is 0 Å². The summed E-state index contributed by atoms with van der Waals surface area (Å²) in [6.45, 7) is -0.881. The van der Waals surface area contributed by atoms with Crippen molar-refractivity contribution in [3.05, 3.63) is 0 Å². The van der Waals surface area contributed by atoms with Gasteiger partial charge in [0.25, 0.3) is 0 Å². The number of carbonyl (C=O) groups excluding carboxylic acids is 3. The van der Waals surface area contributed by atoms with Crippen LogP contribution in [0, 0.1) is 5.92 Å². The van der Waals surface area contributed by atoms with Crippen LogP contribution in [0.1, 0.15) is 19.8 Å². The van der Waals surface area contributed by atoms with Crippen molar-refractivity contribution in [3.63, 3.8) is 0 Å². The largest absolute Gasteiger partial charge is 0.510 e. The zero-order chi connectivity index (χ0) is 32.7. The number of rotatable bonds is 25. The lowest BCUT2D eigenvalue weighted by Crippen LogP contribution is -2.37. The Bertz CT molecular complexity index is 877. The van der Waals surface area contributed by atoms with Crippen LogP contribution in [0.4, 0.5) is 14.0 Å². The van der Waals surface area contributed by atoms with Crippen LogP contribution in [0.3, 0.4) is 0 Å². The lowest BCUT2D eigenvalue weighted by molar-refractivity contribution is -0.116. The van der Waals surface area contributed by atoms with E-state index in [-0.39, 0.29) is 58.4 Å². The molecule has 1 amide bonds. The Morgan fingerprint density at radius 2 is 1.41 bits per heavy atom. The van der Waals surface area contributed by atoms with Crippen LogP contribution in [0.2, 0.25) is 0 Å². The van der Waals surface area contributed by atoms with Gasteiger partial charge < -0.3 is 48.4 Å². The summed E-state index contributed by atoms with van der Waals surface area (Å²) < 4.78 is 87.2. The average molecular weight is 665 g/mol. The normalized spacial score (nSPS) is 20.1. The predicted molar refractivity (Wildman–Crippen MR) is 145 cm³/mol. The van der Waals surface area contributed by atoms with Crippen molar-refractivity contribution in [3.8, 4) is 0 Å². The van der Waals surface area contributed by atoms with Crippen LogP contribution in [-0.4, -0.2) is 130 Å². The van der Waals surface area contributed by atoms with Crippen LogP contribution in [0.25, 0.3) is 0 Å². The number of phosphoric acid groups is 1. The number of hydrogen-bond acceptors (Lipinski definition) is 17. The van der Waals surface area contributed by atoms with Gasteiger partial charge >= 0.3 is 20.1 Å². The second kappa shape index (κ2) is 22.9. The van der Waals surface area contributed by atoms with E-state index in [1.54, 1.807) is 6.92 Å². The number of nitrogens with two attached hydrogens (primary N) is 1. The minimum atomic E-state index is -4.69. The Kier molecular flexibility index (Phi) is 20.6. The summed E-state index contributed by atoms with van der Waals surface area (Å²) in [4.78, 5) is 38.6. The molecular weight excluding hydrogens is 622 g/mol. The van der Waals surface area contributed by atoms with Crippen molar-refractivity contribution in [2.45, 2.75) is 31.6 Å². The number of aliphatic imine (C=N–C) groups is 1. The second-order valence-corrected chi connectivity index (χ2v) is 10.6. The third kappa shape index (κ3) is 17.7. The third-order valence-corrected chi connectivity index (χ3v) is 6.65. The van der Waals surface area contributed by atoms with Gasteiger partial charge in [0.2, 0.25) is 19.5 Å². The van der Waals surface area contributed by atoms with Gasteiger partial charge in [0, 0.05) is 26.4 Å². The van der Waals surface area contributed by atoms with Crippen molar-refractivity contribution in [1.29, 1.82) is 0 Å². The van der Waals surface area contributed by atoms with Crippen molar-refractivity contribution in [2.75, 3.05) is 93.9 Å². The highest BCUT2D eigenvalue weighted by atomic mass is 31.2. The summed E-state index contributed by atoms with van der Waals surface area (Å²) in [7, 11) is -1.69. The van der Waals surface area contributed by atoms with Crippen molar-refractivity contribution in [2.24, 2.45) is 16.6 Å². The van der Waals surface area contributed by atoms with E-state index in [1.165, 1.54) is 20.4 Å². The Labute approximate surface area is 254 Å². The summed E-state index contributed by atoms with van der Waals surface area (Å²) in [5.41, 5.74) is 3.47. The van der Waals surface area contributed by atoms with Gasteiger partial charge in [-0.25, -0.2) is 27.6 Å². The predicted octanol–water partition coefficient (Wildman–Crippen LogP) is 1.73. The molecule has 3 atom stereocenters. The highest BCUT2D eigenvalue weighted by Crippen LogP contribution is 2.51. The zero-order valence-electron chi connectivity index (χ0n) is 25.0. The fraction of sp³-hybridized carbons (Fsp3) is 0.833. The lowest BCUT2D eigenvalue weighted by Gasteiger charge is -2.27. The molecule has 44 heavy (non-hydrogen) atoms. The molecule has 1 aliphatic heterocycles. The smallest absolute Gasteiger partial charge is 0.432 e. The molecule has 0 aromatic heterocycles. The Morgan fingerprint density at radius 1 is 0.886 bits per heavy atom. The monoisotopic (exact) mass is 664 g/mol. The van der Waals surface area contributed by atoms with E-state index in [1.807, 2.05) is 0 Å². The van der Waals surface area contributed by atoms with Crippen LogP contribution in [-0.2, 0) is 65.6 Å². The third-order valence-electron chi connectivity index (χ3n) is 5.36. The van der Waals surface area contributed by atoms with Crippen LogP contribution >= 0.6 is 7.82 Å². The zero-order valence-corrected chi connectivity index (χ0v) is 25.9. The SMILES string of the molecule is COCCOCCOC(=O)OCOP(=O)(OCOC(=O)OCCOCCOC)OCC1(CF)CC(C)C(N=CCC(N)=O)O1. The number of alkyl halides is 1. The van der Waals surface area contributed by atoms with Crippen LogP contribution in [0.15, 0.2) is 4.99 Å². The Morgan fingerprint density at radius 3 is 1.89 bits per heavy atom. The lowest BCUT2D eigenvalue weighted by atomic mass is 9.96. The molecule has 2 N–H and O–H groups in total. The molecule has 1 heterocycles. The molecular formula is C24H42FN2O16P. The number of ether oxygens (including phenoxy) is 9. The molecule has 1 rings (SSSR count). The molecule has 256 valence electrons. The number of methoxy groups -OCH3 is 2. The maximum absolute atomic E-state index is 14.2. The molecule has 0 aromatic carbocycles. The van der Waals surface area contributed by atoms with Gasteiger partial charge in [-0.1, -0.05) is 6.92 Å². The first-order valence-corrected chi connectivity index (χ1v) is 14.8. The number of halogens is 1. The summed E-state index contributed by atoms with van der Waals surface area (Å²) >= 11 is 0. The summed E-state index contributed by atoms with van der Waals surface area (Å²) in [5, 5.41) is 0. The molecule has 18 nitrogen and oxygen atoms in total. The fourth-order valence-electron chi connectivity index (χ4n) is 3.28. The van der Waals surface area contributed by atoms with Gasteiger partial charge in [0.15, 0.2) is 6.23 Å². The number of carbonyl (C=O) groups is 3. The molecule has 0 aliphatic carbocycles. The summed E-state index contributed by atoms with van der Waals surface area (Å²) in [6.07, 6.45) is -2.04. The number of nitrogens with zero attached hydrogens (tertiary/aromatic N) is 1. The van der Waals surface area contributed by atoms with E-state index in [2.05, 4.69) is 4.99 Å².